The number of ether oxygens (including phenoxy) is 1. The first-order chi connectivity index (χ1) is 15.3. The quantitative estimate of drug-likeness (QED) is 0.440. The van der Waals surface area contributed by atoms with Gasteiger partial charge >= 0.3 is 12.3 Å². The van der Waals surface area contributed by atoms with E-state index in [4.69, 9.17) is 5.11 Å². The molecule has 1 aliphatic rings. The molecule has 1 aliphatic carbocycles. The SMILES string of the molecule is O=C(O)C1=C(C(=O)Nc2c(F)c(F)c(-c3cccc(OC(F)(F)F)c3)c(F)c2F)CCC1O. The van der Waals surface area contributed by atoms with Crippen LogP contribution in [0.1, 0.15) is 12.8 Å². The van der Waals surface area contributed by atoms with Crippen molar-refractivity contribution in [3.63, 3.8) is 0 Å². The van der Waals surface area contributed by atoms with Crippen molar-refractivity contribution in [2.24, 2.45) is 0 Å². The number of alkyl halides is 3. The highest BCUT2D eigenvalue weighted by Gasteiger charge is 2.35. The average molecular weight is 479 g/mol. The summed E-state index contributed by atoms with van der Waals surface area (Å²) >= 11 is 0. The standard InChI is InChI=1S/C20H12F7NO5/c21-13-11(7-2-1-3-8(6-7)33-20(25,26)27)14(22)16(24)17(15(13)23)28-18(30)9-4-5-10(29)12(9)19(31)32/h1-3,6,10,29H,4-5H2,(H,28,30)(H,31,32). The van der Waals surface area contributed by atoms with Gasteiger partial charge in [0.05, 0.1) is 17.2 Å². The molecule has 0 heterocycles. The molecule has 0 aliphatic heterocycles. The van der Waals surface area contributed by atoms with Crippen LogP contribution in [-0.4, -0.2) is 34.6 Å². The maximum Gasteiger partial charge on any atom is 0.573 e. The second-order valence-electron chi connectivity index (χ2n) is 6.79. The first kappa shape index (κ1) is 24.0. The summed E-state index contributed by atoms with van der Waals surface area (Å²) in [7, 11) is 0. The number of aliphatic hydroxyl groups excluding tert-OH is 1. The number of hydrogen-bond donors (Lipinski definition) is 3. The number of aliphatic hydroxyl groups is 1. The molecule has 0 spiro atoms. The van der Waals surface area contributed by atoms with Crippen molar-refractivity contribution < 1.29 is 55.3 Å². The van der Waals surface area contributed by atoms with Gasteiger partial charge in [0.2, 0.25) is 0 Å². The normalized spacial score (nSPS) is 16.2. The largest absolute Gasteiger partial charge is 0.573 e. The lowest BCUT2D eigenvalue weighted by atomic mass is 10.0. The lowest BCUT2D eigenvalue weighted by Crippen LogP contribution is -2.21. The molecule has 13 heteroatoms. The van der Waals surface area contributed by atoms with Gasteiger partial charge in [0.15, 0.2) is 23.3 Å². The zero-order chi connectivity index (χ0) is 24.7. The topological polar surface area (TPSA) is 95.9 Å². The van der Waals surface area contributed by atoms with Crippen molar-refractivity contribution in [3.8, 4) is 16.9 Å². The van der Waals surface area contributed by atoms with Gasteiger partial charge < -0.3 is 20.3 Å². The summed E-state index contributed by atoms with van der Waals surface area (Å²) in [6, 6.07) is 3.05. The van der Waals surface area contributed by atoms with Crippen LogP contribution in [0.25, 0.3) is 11.1 Å². The zero-order valence-electron chi connectivity index (χ0n) is 16.1. The maximum absolute atomic E-state index is 14.6. The van der Waals surface area contributed by atoms with E-state index in [0.717, 1.165) is 18.2 Å². The second kappa shape index (κ2) is 8.73. The number of anilines is 1. The number of carbonyl (C=O) groups excluding carboxylic acids is 1. The highest BCUT2D eigenvalue weighted by atomic mass is 19.4. The molecule has 0 bridgehead atoms. The van der Waals surface area contributed by atoms with E-state index in [2.05, 4.69) is 4.74 Å². The fraction of sp³-hybridized carbons (Fsp3) is 0.200. The number of hydrogen-bond acceptors (Lipinski definition) is 4. The van der Waals surface area contributed by atoms with Gasteiger partial charge in [-0.25, -0.2) is 22.4 Å². The summed E-state index contributed by atoms with van der Waals surface area (Å²) in [5.41, 5.74) is -4.92. The van der Waals surface area contributed by atoms with E-state index in [9.17, 15) is 45.4 Å². The van der Waals surface area contributed by atoms with Crippen LogP contribution in [0.15, 0.2) is 35.4 Å². The Balaban J connectivity index is 2.03. The highest BCUT2D eigenvalue weighted by molar-refractivity contribution is 6.09. The molecule has 0 saturated heterocycles. The molecule has 33 heavy (non-hydrogen) atoms. The molecule has 6 nitrogen and oxygen atoms in total. The van der Waals surface area contributed by atoms with Crippen LogP contribution in [-0.2, 0) is 9.59 Å². The number of carbonyl (C=O) groups is 2. The molecule has 0 fully saturated rings. The molecule has 1 unspecified atom stereocenters. The van der Waals surface area contributed by atoms with Crippen LogP contribution in [0.2, 0.25) is 0 Å². The minimum atomic E-state index is -5.14. The zero-order valence-corrected chi connectivity index (χ0v) is 16.1. The molecule has 1 atom stereocenters. The molecule has 3 rings (SSSR count). The van der Waals surface area contributed by atoms with Crippen molar-refractivity contribution in [2.45, 2.75) is 25.3 Å². The van der Waals surface area contributed by atoms with E-state index >= 15 is 0 Å². The van der Waals surface area contributed by atoms with E-state index in [-0.39, 0.29) is 12.8 Å². The maximum atomic E-state index is 14.6. The Morgan fingerprint density at radius 1 is 1.03 bits per heavy atom. The van der Waals surface area contributed by atoms with E-state index in [0.29, 0.717) is 6.07 Å². The van der Waals surface area contributed by atoms with Crippen molar-refractivity contribution in [3.05, 3.63) is 58.7 Å². The monoisotopic (exact) mass is 479 g/mol. The molecule has 2 aromatic carbocycles. The molecule has 0 aromatic heterocycles. The van der Waals surface area contributed by atoms with E-state index in [1.54, 1.807) is 5.32 Å². The fourth-order valence-electron chi connectivity index (χ4n) is 3.30. The molecular weight excluding hydrogens is 467 g/mol. The van der Waals surface area contributed by atoms with Crippen molar-refractivity contribution >= 4 is 17.6 Å². The van der Waals surface area contributed by atoms with Crippen molar-refractivity contribution in [2.75, 3.05) is 5.32 Å². The first-order valence-corrected chi connectivity index (χ1v) is 8.99. The van der Waals surface area contributed by atoms with E-state index < -0.39 is 81.3 Å². The number of rotatable bonds is 5. The fourth-order valence-corrected chi connectivity index (χ4v) is 3.30. The average Bonchev–Trinajstić information content (AvgIpc) is 3.10. The van der Waals surface area contributed by atoms with Crippen LogP contribution in [0.3, 0.4) is 0 Å². The number of benzene rings is 2. The number of amides is 1. The molecule has 0 saturated carbocycles. The number of carboxylic acid groups (broad SMARTS) is 1. The van der Waals surface area contributed by atoms with Crippen LogP contribution in [0.5, 0.6) is 5.75 Å². The van der Waals surface area contributed by atoms with Gasteiger partial charge in [-0.05, 0) is 30.5 Å². The Hall–Kier alpha value is -3.61. The third-order valence-corrected chi connectivity index (χ3v) is 4.69. The van der Waals surface area contributed by atoms with Gasteiger partial charge in [-0.1, -0.05) is 12.1 Å². The Morgan fingerprint density at radius 3 is 2.18 bits per heavy atom. The van der Waals surface area contributed by atoms with Crippen molar-refractivity contribution in [1.29, 1.82) is 0 Å². The second-order valence-corrected chi connectivity index (χ2v) is 6.79. The molecular formula is C20H12F7NO5. The number of aliphatic carboxylic acids is 1. The predicted molar refractivity (Wildman–Crippen MR) is 96.9 cm³/mol. The van der Waals surface area contributed by atoms with E-state index in [1.807, 2.05) is 0 Å². The van der Waals surface area contributed by atoms with Gasteiger partial charge in [0.25, 0.3) is 5.91 Å². The van der Waals surface area contributed by atoms with Gasteiger partial charge in [0.1, 0.15) is 11.4 Å². The number of halogens is 7. The van der Waals surface area contributed by atoms with Crippen molar-refractivity contribution in [1.82, 2.24) is 0 Å². The first-order valence-electron chi connectivity index (χ1n) is 8.99. The van der Waals surface area contributed by atoms with Crippen LogP contribution >= 0.6 is 0 Å². The van der Waals surface area contributed by atoms with Crippen LogP contribution in [0, 0.1) is 23.3 Å². The molecule has 0 radical (unpaired) electrons. The smallest absolute Gasteiger partial charge is 0.478 e. The van der Waals surface area contributed by atoms with Gasteiger partial charge in [-0.15, -0.1) is 13.2 Å². The van der Waals surface area contributed by atoms with Crippen LogP contribution in [0.4, 0.5) is 36.4 Å². The molecule has 2 aromatic rings. The summed E-state index contributed by atoms with van der Waals surface area (Å²) in [6.07, 6.45) is -7.13. The molecule has 176 valence electrons. The minimum absolute atomic E-state index is 0.173. The lowest BCUT2D eigenvalue weighted by Gasteiger charge is -2.15. The summed E-state index contributed by atoms with van der Waals surface area (Å²) in [6.45, 7) is 0. The summed E-state index contributed by atoms with van der Waals surface area (Å²) in [5.74, 6) is -12.2. The van der Waals surface area contributed by atoms with E-state index in [1.165, 1.54) is 0 Å². The Morgan fingerprint density at radius 2 is 1.64 bits per heavy atom. The number of nitrogens with one attached hydrogen (secondary N) is 1. The third kappa shape index (κ3) is 4.77. The minimum Gasteiger partial charge on any atom is -0.478 e. The lowest BCUT2D eigenvalue weighted by molar-refractivity contribution is -0.274. The predicted octanol–water partition coefficient (Wildman–Crippen LogP) is 4.28. The summed E-state index contributed by atoms with van der Waals surface area (Å²) < 4.78 is 99.1. The number of carboxylic acids is 1. The Kier molecular flexibility index (Phi) is 6.36. The van der Waals surface area contributed by atoms with Gasteiger partial charge in [0, 0.05) is 5.57 Å². The molecule has 1 amide bonds. The summed E-state index contributed by atoms with van der Waals surface area (Å²) in [4.78, 5) is 23.5. The third-order valence-electron chi connectivity index (χ3n) is 4.69. The highest BCUT2D eigenvalue weighted by Crippen LogP contribution is 2.37. The molecule has 3 N–H and O–H groups in total. The Bertz CT molecular complexity index is 1150. The Labute approximate surface area is 179 Å². The van der Waals surface area contributed by atoms with Gasteiger partial charge in [-0.2, -0.15) is 0 Å². The van der Waals surface area contributed by atoms with Crippen LogP contribution < -0.4 is 10.1 Å². The summed E-state index contributed by atoms with van der Waals surface area (Å²) in [5, 5.41) is 20.3. The van der Waals surface area contributed by atoms with Gasteiger partial charge in [-0.3, -0.25) is 4.79 Å².